The van der Waals surface area contributed by atoms with E-state index < -0.39 is 5.91 Å². The Bertz CT molecular complexity index is 1110. The summed E-state index contributed by atoms with van der Waals surface area (Å²) in [6, 6.07) is 12.5. The second kappa shape index (κ2) is 7.74. The number of fused-ring (bicyclic) bond motifs is 2. The van der Waals surface area contributed by atoms with Crippen LogP contribution in [-0.4, -0.2) is 25.0 Å². The fourth-order valence-electron chi connectivity index (χ4n) is 4.05. The van der Waals surface area contributed by atoms with Crippen molar-refractivity contribution in [3.05, 3.63) is 48.2 Å². The van der Waals surface area contributed by atoms with Crippen molar-refractivity contribution in [3.63, 3.8) is 0 Å². The van der Waals surface area contributed by atoms with Crippen molar-refractivity contribution in [1.82, 2.24) is 0 Å². The van der Waals surface area contributed by atoms with Gasteiger partial charge in [0.05, 0.1) is 0 Å². The zero-order valence-electron chi connectivity index (χ0n) is 16.4. The number of nitrogens with one attached hydrogen (secondary N) is 2. The summed E-state index contributed by atoms with van der Waals surface area (Å²) < 4.78 is 16.9. The third-order valence-corrected chi connectivity index (χ3v) is 5.58. The molecular weight excluding hydrogens is 384 g/mol. The number of rotatable bonds is 4. The molecule has 0 radical (unpaired) electrons. The van der Waals surface area contributed by atoms with Crippen LogP contribution >= 0.6 is 0 Å². The van der Waals surface area contributed by atoms with Crippen LogP contribution in [0, 0.1) is 5.92 Å². The summed E-state index contributed by atoms with van der Waals surface area (Å²) in [6.45, 7) is 0.965. The maximum absolute atomic E-state index is 13.0. The van der Waals surface area contributed by atoms with Crippen LogP contribution in [0.1, 0.15) is 36.2 Å². The maximum atomic E-state index is 13.0. The SMILES string of the molecule is O=C(Nc1ccc2c(c1)OCCO2)c1oc2ccccc2c1NC(=O)C1CCCC1. The highest BCUT2D eigenvalue weighted by molar-refractivity contribution is 6.14. The molecular formula is C23H22N2O5. The Balaban J connectivity index is 1.44. The van der Waals surface area contributed by atoms with Gasteiger partial charge in [0.15, 0.2) is 11.5 Å². The first-order valence-corrected chi connectivity index (χ1v) is 10.2. The van der Waals surface area contributed by atoms with Gasteiger partial charge in [-0.1, -0.05) is 25.0 Å². The lowest BCUT2D eigenvalue weighted by molar-refractivity contribution is -0.119. The van der Waals surface area contributed by atoms with Crippen LogP contribution in [0.15, 0.2) is 46.9 Å². The maximum Gasteiger partial charge on any atom is 0.293 e. The molecule has 0 unspecified atom stereocenters. The Morgan fingerprint density at radius 1 is 0.900 bits per heavy atom. The summed E-state index contributed by atoms with van der Waals surface area (Å²) >= 11 is 0. The Hall–Kier alpha value is -3.48. The molecule has 154 valence electrons. The Kier molecular flexibility index (Phi) is 4.78. The lowest BCUT2D eigenvalue weighted by Crippen LogP contribution is -2.22. The van der Waals surface area contributed by atoms with E-state index in [1.165, 1.54) is 0 Å². The molecule has 2 aromatic carbocycles. The minimum atomic E-state index is -0.440. The summed E-state index contributed by atoms with van der Waals surface area (Å²) in [6.07, 6.45) is 3.87. The Morgan fingerprint density at radius 3 is 2.50 bits per heavy atom. The normalized spacial score (nSPS) is 15.9. The molecule has 1 saturated carbocycles. The first kappa shape index (κ1) is 18.5. The van der Waals surface area contributed by atoms with Gasteiger partial charge in [0.25, 0.3) is 5.91 Å². The third kappa shape index (κ3) is 3.47. The minimum Gasteiger partial charge on any atom is -0.486 e. The van der Waals surface area contributed by atoms with Gasteiger partial charge in [-0.3, -0.25) is 9.59 Å². The molecule has 0 saturated heterocycles. The average Bonchev–Trinajstić information content (AvgIpc) is 3.42. The number of ether oxygens (including phenoxy) is 2. The molecule has 1 aliphatic heterocycles. The number of hydrogen-bond acceptors (Lipinski definition) is 5. The molecule has 0 bridgehead atoms. The van der Waals surface area contributed by atoms with E-state index in [9.17, 15) is 9.59 Å². The molecule has 2 heterocycles. The Morgan fingerprint density at radius 2 is 1.67 bits per heavy atom. The highest BCUT2D eigenvalue weighted by atomic mass is 16.6. The van der Waals surface area contributed by atoms with Crippen molar-refractivity contribution in [3.8, 4) is 11.5 Å². The molecule has 0 atom stereocenters. The largest absolute Gasteiger partial charge is 0.486 e. The van der Waals surface area contributed by atoms with E-state index in [1.807, 2.05) is 18.2 Å². The number of para-hydroxylation sites is 1. The van der Waals surface area contributed by atoms with Crippen molar-refractivity contribution >= 4 is 34.2 Å². The van der Waals surface area contributed by atoms with Crippen LogP contribution < -0.4 is 20.1 Å². The van der Waals surface area contributed by atoms with Crippen LogP contribution in [0.25, 0.3) is 11.0 Å². The average molecular weight is 406 g/mol. The van der Waals surface area contributed by atoms with Crippen molar-refractivity contribution in [2.24, 2.45) is 5.92 Å². The van der Waals surface area contributed by atoms with Gasteiger partial charge < -0.3 is 24.5 Å². The van der Waals surface area contributed by atoms with E-state index in [2.05, 4.69) is 10.6 Å². The summed E-state index contributed by atoms with van der Waals surface area (Å²) in [5.74, 6) is 0.785. The van der Waals surface area contributed by atoms with Crippen molar-refractivity contribution in [2.75, 3.05) is 23.8 Å². The molecule has 7 heteroatoms. The van der Waals surface area contributed by atoms with E-state index in [1.54, 1.807) is 24.3 Å². The lowest BCUT2D eigenvalue weighted by Gasteiger charge is -2.19. The van der Waals surface area contributed by atoms with Gasteiger partial charge in [-0.2, -0.15) is 0 Å². The summed E-state index contributed by atoms with van der Waals surface area (Å²) in [5, 5.41) is 6.49. The van der Waals surface area contributed by atoms with Gasteiger partial charge in [0.2, 0.25) is 11.7 Å². The van der Waals surface area contributed by atoms with Crippen molar-refractivity contribution < 1.29 is 23.5 Å². The molecule has 2 aliphatic rings. The smallest absolute Gasteiger partial charge is 0.293 e. The van der Waals surface area contributed by atoms with E-state index in [0.717, 1.165) is 25.7 Å². The fraction of sp³-hybridized carbons (Fsp3) is 0.304. The van der Waals surface area contributed by atoms with E-state index in [4.69, 9.17) is 13.9 Å². The summed E-state index contributed by atoms with van der Waals surface area (Å²) in [5.41, 5.74) is 1.52. The Labute approximate surface area is 173 Å². The molecule has 1 aliphatic carbocycles. The van der Waals surface area contributed by atoms with Crippen LogP contribution in [0.5, 0.6) is 11.5 Å². The van der Waals surface area contributed by atoms with Gasteiger partial charge in [-0.05, 0) is 37.1 Å². The van der Waals surface area contributed by atoms with Crippen LogP contribution in [0.2, 0.25) is 0 Å². The van der Waals surface area contributed by atoms with Gasteiger partial charge >= 0.3 is 0 Å². The predicted octanol–water partition coefficient (Wildman–Crippen LogP) is 4.59. The molecule has 1 fully saturated rings. The molecule has 0 spiro atoms. The monoisotopic (exact) mass is 406 g/mol. The number of carbonyl (C=O) groups excluding carboxylic acids is 2. The lowest BCUT2D eigenvalue weighted by atomic mass is 10.1. The van der Waals surface area contributed by atoms with Gasteiger partial charge in [0, 0.05) is 23.1 Å². The second-order valence-electron chi connectivity index (χ2n) is 7.59. The van der Waals surface area contributed by atoms with Gasteiger partial charge in [-0.15, -0.1) is 0 Å². The molecule has 2 amide bonds. The van der Waals surface area contributed by atoms with E-state index in [-0.39, 0.29) is 17.6 Å². The van der Waals surface area contributed by atoms with Gasteiger partial charge in [0.1, 0.15) is 24.5 Å². The highest BCUT2D eigenvalue weighted by Gasteiger charge is 2.27. The van der Waals surface area contributed by atoms with E-state index in [0.29, 0.717) is 47.1 Å². The molecule has 1 aromatic heterocycles. The first-order chi connectivity index (χ1) is 14.7. The number of amides is 2. The minimum absolute atomic E-state index is 0.0210. The summed E-state index contributed by atoms with van der Waals surface area (Å²) in [4.78, 5) is 25.8. The van der Waals surface area contributed by atoms with Crippen LogP contribution in [-0.2, 0) is 4.79 Å². The van der Waals surface area contributed by atoms with Gasteiger partial charge in [-0.25, -0.2) is 0 Å². The summed E-state index contributed by atoms with van der Waals surface area (Å²) in [7, 11) is 0. The zero-order chi connectivity index (χ0) is 20.5. The number of anilines is 2. The predicted molar refractivity (Wildman–Crippen MR) is 112 cm³/mol. The fourth-order valence-corrected chi connectivity index (χ4v) is 4.05. The topological polar surface area (TPSA) is 89.8 Å². The van der Waals surface area contributed by atoms with E-state index >= 15 is 0 Å². The van der Waals surface area contributed by atoms with Crippen molar-refractivity contribution in [1.29, 1.82) is 0 Å². The second-order valence-corrected chi connectivity index (χ2v) is 7.59. The number of furan rings is 1. The third-order valence-electron chi connectivity index (χ3n) is 5.58. The van der Waals surface area contributed by atoms with Crippen molar-refractivity contribution in [2.45, 2.75) is 25.7 Å². The molecule has 2 N–H and O–H groups in total. The van der Waals surface area contributed by atoms with Crippen LogP contribution in [0.3, 0.4) is 0 Å². The quantitative estimate of drug-likeness (QED) is 0.662. The molecule has 3 aromatic rings. The zero-order valence-corrected chi connectivity index (χ0v) is 16.4. The molecule has 5 rings (SSSR count). The molecule has 7 nitrogen and oxygen atoms in total. The van der Waals surface area contributed by atoms with Crippen LogP contribution in [0.4, 0.5) is 11.4 Å². The highest BCUT2D eigenvalue weighted by Crippen LogP contribution is 2.35. The number of carbonyl (C=O) groups is 2. The standard InChI is InChI=1S/C23H22N2O5/c26-22(14-5-1-2-6-14)25-20-16-7-3-4-8-17(16)30-21(20)23(27)24-15-9-10-18-19(13-15)29-12-11-28-18/h3-4,7-10,13-14H,1-2,5-6,11-12H2,(H,24,27)(H,25,26). The first-order valence-electron chi connectivity index (χ1n) is 10.2. The number of benzene rings is 2. The number of hydrogen-bond donors (Lipinski definition) is 2. The molecule has 30 heavy (non-hydrogen) atoms.